The quantitative estimate of drug-likeness (QED) is 0.790. The van der Waals surface area contributed by atoms with Crippen LogP contribution < -0.4 is 10.1 Å². The summed E-state index contributed by atoms with van der Waals surface area (Å²) in [4.78, 5) is 25.4. The van der Waals surface area contributed by atoms with Crippen LogP contribution in [0.2, 0.25) is 0 Å². The van der Waals surface area contributed by atoms with Crippen LogP contribution in [0.15, 0.2) is 59.1 Å². The van der Waals surface area contributed by atoms with Crippen LogP contribution in [-0.2, 0) is 16.1 Å². The lowest BCUT2D eigenvalue weighted by Crippen LogP contribution is -2.39. The topological polar surface area (TPSA) is 58.6 Å². The first kappa shape index (κ1) is 18.0. The van der Waals surface area contributed by atoms with Gasteiger partial charge in [-0.3, -0.25) is 9.59 Å². The van der Waals surface area contributed by atoms with E-state index in [0.29, 0.717) is 12.3 Å². The van der Waals surface area contributed by atoms with Crippen molar-refractivity contribution in [1.82, 2.24) is 10.2 Å². The molecule has 126 valence electrons. The molecule has 0 saturated heterocycles. The first-order valence-corrected chi connectivity index (χ1v) is 8.27. The number of rotatable bonds is 7. The molecule has 2 amide bonds. The van der Waals surface area contributed by atoms with E-state index in [-0.39, 0.29) is 25.0 Å². The number of hydrogen-bond acceptors (Lipinski definition) is 3. The minimum absolute atomic E-state index is 0.0576. The van der Waals surface area contributed by atoms with Gasteiger partial charge in [0.15, 0.2) is 6.61 Å². The first-order chi connectivity index (χ1) is 11.6. The van der Waals surface area contributed by atoms with E-state index >= 15 is 0 Å². The van der Waals surface area contributed by atoms with Gasteiger partial charge in [0.25, 0.3) is 5.91 Å². The molecule has 24 heavy (non-hydrogen) atoms. The molecule has 0 aliphatic carbocycles. The molecule has 5 nitrogen and oxygen atoms in total. The summed E-state index contributed by atoms with van der Waals surface area (Å²) in [7, 11) is 1.70. The predicted molar refractivity (Wildman–Crippen MR) is 95.6 cm³/mol. The molecule has 2 rings (SSSR count). The van der Waals surface area contributed by atoms with E-state index in [2.05, 4.69) is 21.2 Å². The smallest absolute Gasteiger partial charge is 0.258 e. The maximum Gasteiger partial charge on any atom is 0.258 e. The molecule has 0 heterocycles. The normalized spacial score (nSPS) is 10.1. The number of amides is 2. The second-order valence-electron chi connectivity index (χ2n) is 5.22. The Kier molecular flexibility index (Phi) is 6.81. The van der Waals surface area contributed by atoms with Gasteiger partial charge in [-0.05, 0) is 23.8 Å². The van der Waals surface area contributed by atoms with Crippen LogP contribution in [0.5, 0.6) is 5.75 Å². The van der Waals surface area contributed by atoms with Crippen LogP contribution in [0, 0.1) is 0 Å². The van der Waals surface area contributed by atoms with Crippen molar-refractivity contribution in [3.63, 3.8) is 0 Å². The van der Waals surface area contributed by atoms with Gasteiger partial charge in [0, 0.05) is 18.1 Å². The molecule has 0 fully saturated rings. The Balaban J connectivity index is 1.73. The Morgan fingerprint density at radius 1 is 1.08 bits per heavy atom. The van der Waals surface area contributed by atoms with Gasteiger partial charge in [0.2, 0.25) is 5.91 Å². The first-order valence-electron chi connectivity index (χ1n) is 7.48. The fourth-order valence-electron chi connectivity index (χ4n) is 2.00. The second kappa shape index (κ2) is 9.08. The number of ether oxygens (including phenoxy) is 1. The molecule has 0 unspecified atom stereocenters. The highest BCUT2D eigenvalue weighted by molar-refractivity contribution is 9.10. The van der Waals surface area contributed by atoms with Crippen LogP contribution in [0.25, 0.3) is 0 Å². The van der Waals surface area contributed by atoms with E-state index in [1.165, 1.54) is 0 Å². The summed E-state index contributed by atoms with van der Waals surface area (Å²) in [5.74, 6) is 0.116. The monoisotopic (exact) mass is 390 g/mol. The van der Waals surface area contributed by atoms with E-state index < -0.39 is 0 Å². The number of carbonyl (C=O) groups is 2. The van der Waals surface area contributed by atoms with Crippen LogP contribution in [0.1, 0.15) is 5.56 Å². The minimum Gasteiger partial charge on any atom is -0.484 e. The van der Waals surface area contributed by atoms with E-state index in [1.807, 2.05) is 42.5 Å². The number of carbonyl (C=O) groups excluding carboxylic acids is 2. The molecule has 0 spiro atoms. The molecule has 0 aromatic heterocycles. The zero-order valence-electron chi connectivity index (χ0n) is 13.4. The summed E-state index contributed by atoms with van der Waals surface area (Å²) in [5.41, 5.74) is 1.01. The van der Waals surface area contributed by atoms with Crippen molar-refractivity contribution in [1.29, 1.82) is 0 Å². The maximum absolute atomic E-state index is 12.1. The Labute approximate surface area is 149 Å². The second-order valence-corrected chi connectivity index (χ2v) is 6.07. The van der Waals surface area contributed by atoms with Gasteiger partial charge in [0.1, 0.15) is 5.75 Å². The Morgan fingerprint density at radius 3 is 2.46 bits per heavy atom. The zero-order valence-corrected chi connectivity index (χ0v) is 15.0. The third-order valence-electron chi connectivity index (χ3n) is 3.34. The van der Waals surface area contributed by atoms with Crippen LogP contribution in [-0.4, -0.2) is 36.9 Å². The van der Waals surface area contributed by atoms with E-state index in [4.69, 9.17) is 4.74 Å². The van der Waals surface area contributed by atoms with Gasteiger partial charge in [0.05, 0.1) is 6.54 Å². The Morgan fingerprint density at radius 2 is 1.75 bits per heavy atom. The third kappa shape index (κ3) is 5.70. The van der Waals surface area contributed by atoms with Gasteiger partial charge in [-0.15, -0.1) is 0 Å². The highest BCUT2D eigenvalue weighted by Gasteiger charge is 2.12. The molecule has 2 aromatic rings. The van der Waals surface area contributed by atoms with Crippen molar-refractivity contribution in [2.45, 2.75) is 6.54 Å². The van der Waals surface area contributed by atoms with Gasteiger partial charge < -0.3 is 15.0 Å². The molecule has 2 aromatic carbocycles. The number of nitrogens with one attached hydrogen (secondary N) is 1. The molecule has 0 atom stereocenters. The maximum atomic E-state index is 12.1. The zero-order chi connectivity index (χ0) is 17.4. The SMILES string of the molecule is CN(Cc1ccccc1Br)C(=O)CNC(=O)COc1ccccc1. The largest absolute Gasteiger partial charge is 0.484 e. The number of halogens is 1. The number of para-hydroxylation sites is 1. The highest BCUT2D eigenvalue weighted by atomic mass is 79.9. The summed E-state index contributed by atoms with van der Waals surface area (Å²) in [6.45, 7) is 0.291. The molecular weight excluding hydrogens is 372 g/mol. The van der Waals surface area contributed by atoms with E-state index in [0.717, 1.165) is 10.0 Å². The van der Waals surface area contributed by atoms with Crippen molar-refractivity contribution < 1.29 is 14.3 Å². The lowest BCUT2D eigenvalue weighted by atomic mass is 10.2. The molecule has 6 heteroatoms. The van der Waals surface area contributed by atoms with Gasteiger partial charge >= 0.3 is 0 Å². The predicted octanol–water partition coefficient (Wildman–Crippen LogP) is 2.60. The molecule has 0 bridgehead atoms. The highest BCUT2D eigenvalue weighted by Crippen LogP contribution is 2.17. The Hall–Kier alpha value is -2.34. The minimum atomic E-state index is -0.332. The van der Waals surface area contributed by atoms with Crippen molar-refractivity contribution >= 4 is 27.7 Å². The number of hydrogen-bond donors (Lipinski definition) is 1. The number of likely N-dealkylation sites (N-methyl/N-ethyl adjacent to an activating group) is 1. The number of benzene rings is 2. The number of nitrogens with zero attached hydrogens (tertiary/aromatic N) is 1. The molecule has 0 saturated carbocycles. The van der Waals surface area contributed by atoms with E-state index in [9.17, 15) is 9.59 Å². The molecule has 0 radical (unpaired) electrons. The third-order valence-corrected chi connectivity index (χ3v) is 4.11. The molecular formula is C18H19BrN2O3. The lowest BCUT2D eigenvalue weighted by molar-refractivity contribution is -0.132. The van der Waals surface area contributed by atoms with Gasteiger partial charge in [-0.2, -0.15) is 0 Å². The summed E-state index contributed by atoms with van der Waals surface area (Å²) in [6.07, 6.45) is 0. The average molecular weight is 391 g/mol. The molecule has 1 N–H and O–H groups in total. The summed E-state index contributed by atoms with van der Waals surface area (Å²) >= 11 is 3.45. The summed E-state index contributed by atoms with van der Waals surface area (Å²) in [5, 5.41) is 2.57. The summed E-state index contributed by atoms with van der Waals surface area (Å²) in [6, 6.07) is 16.8. The van der Waals surface area contributed by atoms with Crippen LogP contribution in [0.4, 0.5) is 0 Å². The van der Waals surface area contributed by atoms with Crippen molar-refractivity contribution in [3.8, 4) is 5.75 Å². The van der Waals surface area contributed by atoms with E-state index in [1.54, 1.807) is 24.1 Å². The fraction of sp³-hybridized carbons (Fsp3) is 0.222. The standard InChI is InChI=1S/C18H19BrN2O3/c1-21(12-14-7-5-6-10-16(14)19)18(23)11-20-17(22)13-24-15-8-3-2-4-9-15/h2-10H,11-13H2,1H3,(H,20,22). The average Bonchev–Trinajstić information content (AvgIpc) is 2.60. The van der Waals surface area contributed by atoms with Crippen molar-refractivity contribution in [2.24, 2.45) is 0 Å². The van der Waals surface area contributed by atoms with Gasteiger partial charge in [-0.25, -0.2) is 0 Å². The van der Waals surface area contributed by atoms with Crippen molar-refractivity contribution in [2.75, 3.05) is 20.2 Å². The molecule has 0 aliphatic rings. The van der Waals surface area contributed by atoms with Crippen molar-refractivity contribution in [3.05, 3.63) is 64.6 Å². The Bertz CT molecular complexity index is 692. The van der Waals surface area contributed by atoms with Crippen LogP contribution >= 0.6 is 15.9 Å². The van der Waals surface area contributed by atoms with Gasteiger partial charge in [-0.1, -0.05) is 52.3 Å². The summed E-state index contributed by atoms with van der Waals surface area (Å²) < 4.78 is 6.28. The lowest BCUT2D eigenvalue weighted by Gasteiger charge is -2.18. The molecule has 0 aliphatic heterocycles. The fourth-order valence-corrected chi connectivity index (χ4v) is 2.41. The van der Waals surface area contributed by atoms with Crippen LogP contribution in [0.3, 0.4) is 0 Å².